The number of carboxylic acid groups (broad SMARTS) is 1. The quantitative estimate of drug-likeness (QED) is 0.148. The number of rotatable bonds is 7. The van der Waals surface area contributed by atoms with Crippen LogP contribution >= 0.6 is 0 Å². The fourth-order valence-corrected chi connectivity index (χ4v) is 5.79. The van der Waals surface area contributed by atoms with Crippen molar-refractivity contribution in [1.29, 1.82) is 5.26 Å². The van der Waals surface area contributed by atoms with E-state index in [1.165, 1.54) is 28.7 Å². The molecule has 0 fully saturated rings. The van der Waals surface area contributed by atoms with Crippen LogP contribution < -0.4 is 20.3 Å². The van der Waals surface area contributed by atoms with Crippen molar-refractivity contribution in [2.45, 2.75) is 32.1 Å². The molecule has 5 aromatic rings. The van der Waals surface area contributed by atoms with Gasteiger partial charge in [-0.15, -0.1) is 5.10 Å². The predicted octanol–water partition coefficient (Wildman–Crippen LogP) is 3.04. The number of hydrogen-bond donors (Lipinski definition) is 2. The van der Waals surface area contributed by atoms with Crippen molar-refractivity contribution in [2.75, 3.05) is 12.0 Å². The molecule has 50 heavy (non-hydrogen) atoms. The molecule has 1 atom stereocenters. The molecule has 0 spiro atoms. The molecule has 0 aliphatic carbocycles. The number of hydrogen-bond acceptors (Lipinski definition) is 9. The number of methoxy groups -OCH3 is 1. The van der Waals surface area contributed by atoms with Crippen molar-refractivity contribution in [1.82, 2.24) is 19.3 Å². The number of aromatic nitrogens is 5. The zero-order valence-electron chi connectivity index (χ0n) is 26.5. The first kappa shape index (κ1) is 34.7. The van der Waals surface area contributed by atoms with Gasteiger partial charge >= 0.3 is 17.8 Å². The van der Waals surface area contributed by atoms with Crippen LogP contribution in [0, 0.1) is 11.3 Å². The van der Waals surface area contributed by atoms with Gasteiger partial charge in [0, 0.05) is 24.3 Å². The minimum Gasteiger partial charge on any atom is -0.554 e. The second-order valence-electron chi connectivity index (χ2n) is 10.9. The van der Waals surface area contributed by atoms with Crippen LogP contribution in [0.2, 0.25) is 0 Å². The average Bonchev–Trinajstić information content (AvgIpc) is 3.73. The summed E-state index contributed by atoms with van der Waals surface area (Å²) >= 11 is 0. The Hall–Kier alpha value is -6.63. The Bertz CT molecular complexity index is 2180. The minimum atomic E-state index is -4.64. The Balaban J connectivity index is 0.00000156. The van der Waals surface area contributed by atoms with E-state index < -0.39 is 35.9 Å². The van der Waals surface area contributed by atoms with E-state index in [4.69, 9.17) is 14.6 Å². The number of phenols is 1. The highest BCUT2D eigenvalue weighted by molar-refractivity contribution is 5.93. The van der Waals surface area contributed by atoms with Crippen LogP contribution in [0.25, 0.3) is 5.69 Å². The Morgan fingerprint density at radius 2 is 1.88 bits per heavy atom. The third-order valence-corrected chi connectivity index (χ3v) is 8.02. The number of carbonyl (C=O) groups is 2. The van der Waals surface area contributed by atoms with Gasteiger partial charge in [-0.1, -0.05) is 12.1 Å². The zero-order chi connectivity index (χ0) is 36.2. The maximum atomic E-state index is 13.7. The summed E-state index contributed by atoms with van der Waals surface area (Å²) in [6.45, 7) is 1.49. The van der Waals surface area contributed by atoms with E-state index in [0.29, 0.717) is 29.7 Å². The number of phenolic OH excluding ortho intramolecular Hbond substituents is 1. The molecule has 2 N–H and O–H groups in total. The fourth-order valence-electron chi connectivity index (χ4n) is 5.79. The number of nitrogens with zero attached hydrogens (tertiary/aromatic N) is 6. The molecular formula is C34H28F3N7O6. The summed E-state index contributed by atoms with van der Waals surface area (Å²) in [4.78, 5) is 36.4. The van der Waals surface area contributed by atoms with Crippen molar-refractivity contribution >= 4 is 24.1 Å². The van der Waals surface area contributed by atoms with Gasteiger partial charge in [0.2, 0.25) is 12.3 Å². The van der Waals surface area contributed by atoms with Crippen molar-refractivity contribution in [3.05, 3.63) is 129 Å². The van der Waals surface area contributed by atoms with Crippen LogP contribution in [0.3, 0.4) is 0 Å². The number of aryl methyl sites for hydroxylation is 2. The number of ether oxygens (including phenoxy) is 1. The molecule has 1 aliphatic heterocycles. The molecule has 0 saturated heterocycles. The number of nitrogens with one attached hydrogen (secondary N) is 1. The van der Waals surface area contributed by atoms with Crippen LogP contribution in [0.5, 0.6) is 5.75 Å². The molecule has 16 heteroatoms. The van der Waals surface area contributed by atoms with Crippen molar-refractivity contribution in [3.8, 4) is 17.5 Å². The molecule has 256 valence electrons. The first-order valence-corrected chi connectivity index (χ1v) is 14.8. The molecule has 1 aliphatic rings. The SMILES string of the molecule is COC(=O)C1=C(C)N(c2cccc(C(F)(F)F)c2)c2n[nH]c(=O)n2[C@@H]1c1ccc(C#N)cc1CC[n+]1ccn(-c2ccc(O)cc2)c1.O=C[O-]. The second-order valence-corrected chi connectivity index (χ2v) is 10.9. The summed E-state index contributed by atoms with van der Waals surface area (Å²) in [7, 11) is 1.18. The Kier molecular flexibility index (Phi) is 9.88. The number of fused-ring (bicyclic) bond motifs is 1. The van der Waals surface area contributed by atoms with Gasteiger partial charge in [-0.05, 0) is 72.6 Å². The van der Waals surface area contributed by atoms with Gasteiger partial charge in [-0.2, -0.15) is 18.4 Å². The van der Waals surface area contributed by atoms with Crippen LogP contribution in [-0.2, 0) is 33.5 Å². The van der Waals surface area contributed by atoms with Crippen molar-refractivity contribution < 1.29 is 42.3 Å². The van der Waals surface area contributed by atoms with E-state index in [-0.39, 0.29) is 28.7 Å². The number of aromatic amines is 1. The van der Waals surface area contributed by atoms with Gasteiger partial charge in [-0.3, -0.25) is 4.90 Å². The van der Waals surface area contributed by atoms with Crippen LogP contribution in [0.15, 0.2) is 102 Å². The molecule has 0 unspecified atom stereocenters. The lowest BCUT2D eigenvalue weighted by atomic mass is 9.89. The first-order chi connectivity index (χ1) is 23.9. The van der Waals surface area contributed by atoms with E-state index in [2.05, 4.69) is 16.3 Å². The van der Waals surface area contributed by atoms with Gasteiger partial charge in [0.15, 0.2) is 0 Å². The number of esters is 1. The van der Waals surface area contributed by atoms with E-state index in [9.17, 15) is 33.1 Å². The van der Waals surface area contributed by atoms with Gasteiger partial charge in [0.25, 0.3) is 0 Å². The normalized spacial score (nSPS) is 13.9. The third kappa shape index (κ3) is 6.83. The maximum absolute atomic E-state index is 13.7. The van der Waals surface area contributed by atoms with E-state index in [0.717, 1.165) is 17.8 Å². The maximum Gasteiger partial charge on any atom is 0.416 e. The van der Waals surface area contributed by atoms with Crippen molar-refractivity contribution in [3.63, 3.8) is 0 Å². The van der Waals surface area contributed by atoms with E-state index in [1.807, 2.05) is 27.9 Å². The molecule has 3 aromatic carbocycles. The smallest absolute Gasteiger partial charge is 0.416 e. The minimum absolute atomic E-state index is 0.0120. The topological polar surface area (TPSA) is 173 Å². The van der Waals surface area contributed by atoms with Gasteiger partial charge in [0.05, 0.1) is 36.4 Å². The number of nitriles is 1. The lowest BCUT2D eigenvalue weighted by Gasteiger charge is -2.36. The summed E-state index contributed by atoms with van der Waals surface area (Å²) in [5.74, 6) is -0.672. The van der Waals surface area contributed by atoms with Gasteiger partial charge in [-0.25, -0.2) is 28.4 Å². The van der Waals surface area contributed by atoms with E-state index in [1.54, 1.807) is 49.4 Å². The Morgan fingerprint density at radius 1 is 1.16 bits per heavy atom. The summed E-state index contributed by atoms with van der Waals surface area (Å²) < 4.78 is 51.1. The summed E-state index contributed by atoms with van der Waals surface area (Å²) in [6.07, 6.45) is 1.30. The van der Waals surface area contributed by atoms with Crippen LogP contribution in [0.1, 0.15) is 35.2 Å². The number of halogens is 3. The predicted molar refractivity (Wildman–Crippen MR) is 168 cm³/mol. The fraction of sp³-hybridized carbons (Fsp3) is 0.176. The van der Waals surface area contributed by atoms with Gasteiger partial charge in [0.1, 0.15) is 29.9 Å². The molecule has 6 rings (SSSR count). The summed E-state index contributed by atoms with van der Waals surface area (Å²) in [5, 5.41) is 34.1. The third-order valence-electron chi connectivity index (χ3n) is 8.02. The highest BCUT2D eigenvalue weighted by atomic mass is 19.4. The molecule has 2 aromatic heterocycles. The lowest BCUT2D eigenvalue weighted by Crippen LogP contribution is -2.38. The lowest BCUT2D eigenvalue weighted by molar-refractivity contribution is -0.695. The molecular weight excluding hydrogens is 659 g/mol. The number of H-pyrrole nitrogens is 1. The molecule has 0 bridgehead atoms. The average molecular weight is 688 g/mol. The number of benzene rings is 3. The van der Waals surface area contributed by atoms with Gasteiger partial charge < -0.3 is 19.7 Å². The van der Waals surface area contributed by atoms with E-state index >= 15 is 0 Å². The largest absolute Gasteiger partial charge is 0.554 e. The van der Waals surface area contributed by atoms with Crippen LogP contribution in [-0.4, -0.2) is 44.0 Å². The second kappa shape index (κ2) is 14.2. The molecule has 0 saturated carbocycles. The Morgan fingerprint density at radius 3 is 2.54 bits per heavy atom. The standard InChI is InChI=1S/C33H26F3N7O4.CH2O2/c1-20-28(30(45)47-2)29(43-31(38-39-32(43)46)42(20)25-5-3-4-23(17-25)33(34,35)36)27-11-6-21(18-37)16-22(27)12-13-40-14-15-41(19-40)24-7-9-26(44)10-8-24;2-1-3/h3-11,14-17,19,29H,12-13H2,1-2H3,(H-,39,44,46);1H,(H,2,3)/t29-;/m1./s1. The number of allylic oxidation sites excluding steroid dienone is 1. The zero-order valence-corrected chi connectivity index (χ0v) is 26.5. The number of aromatic hydroxyl groups is 1. The van der Waals surface area contributed by atoms with Crippen molar-refractivity contribution in [2.24, 2.45) is 0 Å². The molecule has 13 nitrogen and oxygen atoms in total. The summed E-state index contributed by atoms with van der Waals surface area (Å²) in [6, 6.07) is 17.1. The highest BCUT2D eigenvalue weighted by Gasteiger charge is 2.41. The highest BCUT2D eigenvalue weighted by Crippen LogP contribution is 2.43. The number of imidazole rings is 1. The molecule has 0 amide bonds. The number of anilines is 2. The van der Waals surface area contributed by atoms with Crippen LogP contribution in [0.4, 0.5) is 24.8 Å². The monoisotopic (exact) mass is 687 g/mol. The number of carbonyl (C=O) groups excluding carboxylic acids is 2. The summed E-state index contributed by atoms with van der Waals surface area (Å²) in [5.41, 5.74) is 0.990. The molecule has 3 heterocycles. The number of alkyl halides is 3. The molecule has 0 radical (unpaired) electrons. The Labute approximate surface area is 281 Å². The first-order valence-electron chi connectivity index (χ1n) is 14.8.